The van der Waals surface area contributed by atoms with Gasteiger partial charge in [-0.15, -0.1) is 11.3 Å². The molecule has 3 aliphatic carbocycles. The molecule has 2 atom stereocenters. The Balaban J connectivity index is 2.28. The van der Waals surface area contributed by atoms with Crippen LogP contribution in [0.15, 0.2) is 12.2 Å². The third-order valence-electron chi connectivity index (χ3n) is 3.43. The molecule has 1 nitrogen and oxygen atoms in total. The van der Waals surface area contributed by atoms with Crippen molar-refractivity contribution in [2.24, 2.45) is 0 Å². The molecule has 0 saturated heterocycles. The molecule has 2 bridgehead atoms. The number of nitriles is 1. The van der Waals surface area contributed by atoms with Crippen LogP contribution in [0.2, 0.25) is 0 Å². The molecular formula is C12H8F3NS. The first kappa shape index (κ1) is 10.8. The Labute approximate surface area is 100 Å². The lowest BCUT2D eigenvalue weighted by Crippen LogP contribution is -2.19. The van der Waals surface area contributed by atoms with Crippen LogP contribution in [0.4, 0.5) is 13.2 Å². The zero-order valence-electron chi connectivity index (χ0n) is 8.71. The van der Waals surface area contributed by atoms with Crippen molar-refractivity contribution in [2.75, 3.05) is 0 Å². The predicted octanol–water partition coefficient (Wildman–Crippen LogP) is 4.17. The van der Waals surface area contributed by atoms with Gasteiger partial charge in [0.25, 0.3) is 0 Å². The minimum Gasteiger partial charge on any atom is -0.192 e. The highest BCUT2D eigenvalue weighted by atomic mass is 32.1. The van der Waals surface area contributed by atoms with Crippen molar-refractivity contribution in [1.82, 2.24) is 0 Å². The molecule has 88 valence electrons. The average Bonchev–Trinajstić information content (AvgIpc) is 2.71. The molecule has 0 aromatic carbocycles. The lowest BCUT2D eigenvalue weighted by atomic mass is 9.74. The number of halogens is 3. The van der Waals surface area contributed by atoms with Gasteiger partial charge in [-0.05, 0) is 18.4 Å². The Bertz CT molecular complexity index is 547. The van der Waals surface area contributed by atoms with E-state index >= 15 is 0 Å². The van der Waals surface area contributed by atoms with Gasteiger partial charge in [0.1, 0.15) is 10.9 Å². The van der Waals surface area contributed by atoms with Crippen LogP contribution >= 0.6 is 11.3 Å². The second-order valence-electron chi connectivity index (χ2n) is 4.37. The van der Waals surface area contributed by atoms with Gasteiger partial charge >= 0.3 is 6.18 Å². The number of allylic oxidation sites excluding steroid dienone is 2. The number of fused-ring (bicyclic) bond motifs is 1. The summed E-state index contributed by atoms with van der Waals surface area (Å²) < 4.78 is 39.0. The van der Waals surface area contributed by atoms with Crippen molar-refractivity contribution in [1.29, 1.82) is 5.26 Å². The van der Waals surface area contributed by atoms with Gasteiger partial charge in [0.05, 0.1) is 5.56 Å². The van der Waals surface area contributed by atoms with Gasteiger partial charge in [0, 0.05) is 16.7 Å². The van der Waals surface area contributed by atoms with E-state index in [2.05, 4.69) is 0 Å². The Morgan fingerprint density at radius 3 is 2.41 bits per heavy atom. The minimum atomic E-state index is -4.42. The molecule has 1 heterocycles. The second-order valence-corrected chi connectivity index (χ2v) is 5.42. The quantitative estimate of drug-likeness (QED) is 0.638. The number of hydrogen-bond acceptors (Lipinski definition) is 2. The van der Waals surface area contributed by atoms with Crippen molar-refractivity contribution in [3.05, 3.63) is 33.0 Å². The Morgan fingerprint density at radius 1 is 1.24 bits per heavy atom. The van der Waals surface area contributed by atoms with Gasteiger partial charge in [-0.3, -0.25) is 0 Å². The van der Waals surface area contributed by atoms with E-state index in [0.29, 0.717) is 5.56 Å². The summed E-state index contributed by atoms with van der Waals surface area (Å²) in [5.41, 5.74) is -0.308. The molecule has 0 aliphatic heterocycles. The molecule has 2 unspecified atom stereocenters. The number of thiophene rings is 1. The molecule has 0 spiro atoms. The molecule has 1 aromatic heterocycles. The van der Waals surface area contributed by atoms with Crippen LogP contribution in [0.25, 0.3) is 0 Å². The third-order valence-corrected chi connectivity index (χ3v) is 4.67. The monoisotopic (exact) mass is 255 g/mol. The van der Waals surface area contributed by atoms with Crippen molar-refractivity contribution in [3.63, 3.8) is 0 Å². The lowest BCUT2D eigenvalue weighted by molar-refractivity contribution is -0.138. The van der Waals surface area contributed by atoms with Crippen LogP contribution in [-0.2, 0) is 6.18 Å². The first-order valence-electron chi connectivity index (χ1n) is 5.34. The van der Waals surface area contributed by atoms with E-state index in [1.807, 2.05) is 12.2 Å². The summed E-state index contributed by atoms with van der Waals surface area (Å²) in [5.74, 6) is -0.0619. The fourth-order valence-corrected chi connectivity index (χ4v) is 4.05. The van der Waals surface area contributed by atoms with Gasteiger partial charge in [-0.1, -0.05) is 12.2 Å². The molecule has 0 N–H and O–H groups in total. The predicted molar refractivity (Wildman–Crippen MR) is 57.9 cm³/mol. The fourth-order valence-electron chi connectivity index (χ4n) is 2.74. The summed E-state index contributed by atoms with van der Waals surface area (Å²) in [6.07, 6.45) is 1.09. The normalized spacial score (nSPS) is 25.8. The molecule has 0 fully saturated rings. The fraction of sp³-hybridized carbons (Fsp3) is 0.417. The molecule has 5 heteroatoms. The van der Waals surface area contributed by atoms with Crippen molar-refractivity contribution < 1.29 is 13.2 Å². The Hall–Kier alpha value is -1.28. The first-order chi connectivity index (χ1) is 8.02. The van der Waals surface area contributed by atoms with Crippen LogP contribution in [0.5, 0.6) is 0 Å². The lowest BCUT2D eigenvalue weighted by Gasteiger charge is -2.31. The zero-order chi connectivity index (χ0) is 12.2. The van der Waals surface area contributed by atoms with Crippen LogP contribution in [0, 0.1) is 11.3 Å². The van der Waals surface area contributed by atoms with E-state index < -0.39 is 11.7 Å². The maximum Gasteiger partial charge on any atom is 0.418 e. The van der Waals surface area contributed by atoms with Crippen LogP contribution in [0.1, 0.15) is 45.6 Å². The Morgan fingerprint density at radius 2 is 1.88 bits per heavy atom. The molecule has 4 rings (SSSR count). The van der Waals surface area contributed by atoms with Gasteiger partial charge in [-0.2, -0.15) is 18.4 Å². The summed E-state index contributed by atoms with van der Waals surface area (Å²) in [4.78, 5) is 0.579. The van der Waals surface area contributed by atoms with Crippen molar-refractivity contribution >= 4 is 11.3 Å². The van der Waals surface area contributed by atoms with E-state index in [-0.39, 0.29) is 16.7 Å². The van der Waals surface area contributed by atoms with Crippen LogP contribution in [-0.4, -0.2) is 0 Å². The summed E-state index contributed by atoms with van der Waals surface area (Å²) in [6.45, 7) is 0. The summed E-state index contributed by atoms with van der Waals surface area (Å²) in [5, 5.41) is 8.86. The largest absolute Gasteiger partial charge is 0.418 e. The molecule has 3 aliphatic rings. The van der Waals surface area contributed by atoms with E-state index in [4.69, 9.17) is 5.26 Å². The summed E-state index contributed by atoms with van der Waals surface area (Å²) in [6, 6.07) is 1.70. The topological polar surface area (TPSA) is 23.8 Å². The molecule has 0 amide bonds. The highest BCUT2D eigenvalue weighted by Gasteiger charge is 2.44. The molecule has 0 radical (unpaired) electrons. The van der Waals surface area contributed by atoms with Gasteiger partial charge < -0.3 is 0 Å². The molecule has 17 heavy (non-hydrogen) atoms. The summed E-state index contributed by atoms with van der Waals surface area (Å²) >= 11 is 1.02. The Kier molecular flexibility index (Phi) is 2.14. The van der Waals surface area contributed by atoms with E-state index in [9.17, 15) is 13.2 Å². The maximum absolute atomic E-state index is 13.0. The average molecular weight is 255 g/mol. The number of nitrogens with zero attached hydrogens (tertiary/aromatic N) is 1. The highest BCUT2D eigenvalue weighted by Crippen LogP contribution is 2.54. The summed E-state index contributed by atoms with van der Waals surface area (Å²) in [7, 11) is 0. The molecular weight excluding hydrogens is 247 g/mol. The van der Waals surface area contributed by atoms with Crippen LogP contribution < -0.4 is 0 Å². The van der Waals surface area contributed by atoms with Gasteiger partial charge in [0.2, 0.25) is 0 Å². The number of hydrogen-bond donors (Lipinski definition) is 0. The van der Waals surface area contributed by atoms with Crippen molar-refractivity contribution in [3.8, 4) is 6.07 Å². The molecule has 1 aromatic rings. The smallest absolute Gasteiger partial charge is 0.192 e. The molecule has 0 saturated carbocycles. The number of rotatable bonds is 0. The number of alkyl halides is 3. The maximum atomic E-state index is 13.0. The van der Waals surface area contributed by atoms with Crippen molar-refractivity contribution in [2.45, 2.75) is 30.9 Å². The third kappa shape index (κ3) is 1.44. The van der Waals surface area contributed by atoms with Gasteiger partial charge in [0.15, 0.2) is 0 Å². The van der Waals surface area contributed by atoms with Gasteiger partial charge in [-0.25, -0.2) is 0 Å². The van der Waals surface area contributed by atoms with E-state index in [1.54, 1.807) is 6.07 Å². The minimum absolute atomic E-state index is 0.0863. The van der Waals surface area contributed by atoms with E-state index in [0.717, 1.165) is 29.1 Å². The highest BCUT2D eigenvalue weighted by molar-refractivity contribution is 7.13. The standard InChI is InChI=1S/C12H8F3NS/c13-12(14,15)10-8(5-16)17-11-7-3-1-6(2-4-7)9(10)11/h1,3,6-7H,2,4H2. The SMILES string of the molecule is N#Cc1sc2c(c1C(F)(F)F)C1C=CC2CC1. The van der Waals surface area contributed by atoms with E-state index in [1.165, 1.54) is 0 Å². The van der Waals surface area contributed by atoms with Crippen LogP contribution in [0.3, 0.4) is 0 Å². The second kappa shape index (κ2) is 3.36. The zero-order valence-corrected chi connectivity index (χ0v) is 9.53. The first-order valence-corrected chi connectivity index (χ1v) is 6.16.